The number of ether oxygens (including phenoxy) is 1. The predicted molar refractivity (Wildman–Crippen MR) is 53.3 cm³/mol. The van der Waals surface area contributed by atoms with Crippen LogP contribution in [0.1, 0.15) is 11.1 Å². The van der Waals surface area contributed by atoms with Crippen LogP contribution in [-0.4, -0.2) is 19.1 Å². The molecule has 15 heavy (non-hydrogen) atoms. The summed E-state index contributed by atoms with van der Waals surface area (Å²) in [6, 6.07) is 5.37. The van der Waals surface area contributed by atoms with E-state index in [4.69, 9.17) is 10.5 Å². The second kappa shape index (κ2) is 3.77. The van der Waals surface area contributed by atoms with E-state index in [1.54, 1.807) is 12.1 Å². The Morgan fingerprint density at radius 1 is 1.40 bits per heavy atom. The van der Waals surface area contributed by atoms with Crippen LogP contribution < -0.4 is 10.5 Å². The maximum Gasteiger partial charge on any atom is 0.264 e. The number of fused-ring (bicyclic) bond motifs is 1. The van der Waals surface area contributed by atoms with E-state index in [9.17, 15) is 8.78 Å². The number of nitrogens with two attached hydrogens (primary N) is 1. The summed E-state index contributed by atoms with van der Waals surface area (Å²) in [5, 5.41) is 0. The van der Waals surface area contributed by atoms with E-state index in [0.29, 0.717) is 17.9 Å². The zero-order valence-electron chi connectivity index (χ0n) is 8.30. The van der Waals surface area contributed by atoms with Gasteiger partial charge in [0.25, 0.3) is 5.92 Å². The minimum Gasteiger partial charge on any atom is -0.493 e. The van der Waals surface area contributed by atoms with Crippen LogP contribution in [0.5, 0.6) is 5.75 Å². The predicted octanol–water partition coefficient (Wildman–Crippen LogP) is 1.76. The fraction of sp³-hybridized carbons (Fsp3) is 0.455. The standard InChI is InChI=1S/C11H13F2NO/c12-11(13,7-14)6-9-3-1-2-8-4-5-15-10(8)9/h1-3H,4-7,14H2. The zero-order valence-corrected chi connectivity index (χ0v) is 8.30. The molecular weight excluding hydrogens is 200 g/mol. The molecule has 0 aromatic heterocycles. The number of rotatable bonds is 3. The van der Waals surface area contributed by atoms with Gasteiger partial charge in [0.2, 0.25) is 0 Å². The SMILES string of the molecule is NCC(F)(F)Cc1cccc2c1OCC2. The van der Waals surface area contributed by atoms with Crippen LogP contribution in [0.2, 0.25) is 0 Å². The fourth-order valence-corrected chi connectivity index (χ4v) is 1.77. The van der Waals surface area contributed by atoms with Crippen molar-refractivity contribution in [2.24, 2.45) is 5.73 Å². The first kappa shape index (κ1) is 10.4. The Morgan fingerprint density at radius 3 is 2.93 bits per heavy atom. The Kier molecular flexibility index (Phi) is 2.61. The van der Waals surface area contributed by atoms with Gasteiger partial charge in [0.15, 0.2) is 0 Å². The zero-order chi connectivity index (χ0) is 10.9. The molecule has 0 amide bonds. The number of halogens is 2. The van der Waals surface area contributed by atoms with Gasteiger partial charge in [-0.1, -0.05) is 18.2 Å². The first-order chi connectivity index (χ1) is 7.12. The van der Waals surface area contributed by atoms with Crippen LogP contribution in [-0.2, 0) is 12.8 Å². The van der Waals surface area contributed by atoms with E-state index in [1.165, 1.54) is 0 Å². The highest BCUT2D eigenvalue weighted by Gasteiger charge is 2.29. The molecule has 0 aliphatic carbocycles. The average Bonchev–Trinajstić information content (AvgIpc) is 2.66. The van der Waals surface area contributed by atoms with Gasteiger partial charge in [-0.25, -0.2) is 8.78 Å². The topological polar surface area (TPSA) is 35.2 Å². The first-order valence-corrected chi connectivity index (χ1v) is 4.94. The van der Waals surface area contributed by atoms with E-state index in [1.807, 2.05) is 6.07 Å². The van der Waals surface area contributed by atoms with Crippen molar-refractivity contribution < 1.29 is 13.5 Å². The Balaban J connectivity index is 2.26. The highest BCUT2D eigenvalue weighted by molar-refractivity contribution is 5.44. The quantitative estimate of drug-likeness (QED) is 0.830. The van der Waals surface area contributed by atoms with Gasteiger partial charge in [-0.05, 0) is 5.56 Å². The minimum atomic E-state index is -2.85. The Bertz CT molecular complexity index is 366. The van der Waals surface area contributed by atoms with Gasteiger partial charge in [-0.15, -0.1) is 0 Å². The molecule has 0 unspecified atom stereocenters. The molecule has 1 heterocycles. The summed E-state index contributed by atoms with van der Waals surface area (Å²) >= 11 is 0. The third kappa shape index (κ3) is 2.09. The molecule has 4 heteroatoms. The van der Waals surface area contributed by atoms with Gasteiger partial charge in [0.1, 0.15) is 5.75 Å². The molecule has 1 aliphatic heterocycles. The van der Waals surface area contributed by atoms with Crippen molar-refractivity contribution >= 4 is 0 Å². The van der Waals surface area contributed by atoms with Crippen molar-refractivity contribution in [2.75, 3.05) is 13.2 Å². The molecule has 0 atom stereocenters. The summed E-state index contributed by atoms with van der Waals surface area (Å²) in [5.41, 5.74) is 6.58. The minimum absolute atomic E-state index is 0.341. The van der Waals surface area contributed by atoms with Gasteiger partial charge in [0.05, 0.1) is 13.2 Å². The van der Waals surface area contributed by atoms with Crippen molar-refractivity contribution in [3.8, 4) is 5.75 Å². The van der Waals surface area contributed by atoms with Crippen LogP contribution in [0.25, 0.3) is 0 Å². The molecule has 1 aliphatic rings. The molecule has 0 fully saturated rings. The summed E-state index contributed by atoms with van der Waals surface area (Å²) < 4.78 is 31.6. The largest absolute Gasteiger partial charge is 0.493 e. The summed E-state index contributed by atoms with van der Waals surface area (Å²) in [6.45, 7) is -0.0444. The molecule has 1 aromatic carbocycles. The van der Waals surface area contributed by atoms with Crippen molar-refractivity contribution in [1.82, 2.24) is 0 Å². The van der Waals surface area contributed by atoms with E-state index < -0.39 is 12.5 Å². The second-order valence-electron chi connectivity index (χ2n) is 3.74. The third-order valence-corrected chi connectivity index (χ3v) is 2.54. The molecule has 0 spiro atoms. The second-order valence-corrected chi connectivity index (χ2v) is 3.74. The van der Waals surface area contributed by atoms with Gasteiger partial charge in [0, 0.05) is 18.4 Å². The molecule has 82 valence electrons. The summed E-state index contributed by atoms with van der Waals surface area (Å²) in [4.78, 5) is 0. The van der Waals surface area contributed by atoms with Crippen LogP contribution in [0.3, 0.4) is 0 Å². The van der Waals surface area contributed by atoms with Gasteiger partial charge in [-0.2, -0.15) is 0 Å². The Morgan fingerprint density at radius 2 is 2.20 bits per heavy atom. The molecule has 0 radical (unpaired) electrons. The maximum atomic E-state index is 13.1. The number of para-hydroxylation sites is 1. The third-order valence-electron chi connectivity index (χ3n) is 2.54. The van der Waals surface area contributed by atoms with Crippen LogP contribution in [0.4, 0.5) is 8.78 Å². The molecule has 0 saturated heterocycles. The highest BCUT2D eigenvalue weighted by atomic mass is 19.3. The maximum absolute atomic E-state index is 13.1. The molecule has 0 bridgehead atoms. The normalized spacial score (nSPS) is 14.9. The summed E-state index contributed by atoms with van der Waals surface area (Å²) in [7, 11) is 0. The number of alkyl halides is 2. The average molecular weight is 213 g/mol. The molecule has 2 rings (SSSR count). The Hall–Kier alpha value is -1.16. The molecule has 2 nitrogen and oxygen atoms in total. The molecular formula is C11H13F2NO. The van der Waals surface area contributed by atoms with E-state index >= 15 is 0 Å². The van der Waals surface area contributed by atoms with E-state index in [2.05, 4.69) is 0 Å². The highest BCUT2D eigenvalue weighted by Crippen LogP contribution is 2.32. The molecule has 1 aromatic rings. The van der Waals surface area contributed by atoms with Gasteiger partial charge < -0.3 is 10.5 Å². The number of hydrogen-bond acceptors (Lipinski definition) is 2. The summed E-state index contributed by atoms with van der Waals surface area (Å²) in [5.74, 6) is -2.22. The van der Waals surface area contributed by atoms with Crippen LogP contribution >= 0.6 is 0 Å². The molecule has 0 saturated carbocycles. The van der Waals surface area contributed by atoms with E-state index in [0.717, 1.165) is 12.0 Å². The lowest BCUT2D eigenvalue weighted by Gasteiger charge is -2.15. The molecule has 2 N–H and O–H groups in total. The van der Waals surface area contributed by atoms with Crippen molar-refractivity contribution in [3.05, 3.63) is 29.3 Å². The summed E-state index contributed by atoms with van der Waals surface area (Å²) in [6.07, 6.45) is 0.462. The van der Waals surface area contributed by atoms with Crippen molar-refractivity contribution in [3.63, 3.8) is 0 Å². The number of benzene rings is 1. The lowest BCUT2D eigenvalue weighted by atomic mass is 10.0. The Labute approximate surface area is 87.0 Å². The van der Waals surface area contributed by atoms with Gasteiger partial charge in [-0.3, -0.25) is 0 Å². The van der Waals surface area contributed by atoms with Crippen LogP contribution in [0, 0.1) is 0 Å². The lowest BCUT2D eigenvalue weighted by Crippen LogP contribution is -2.30. The van der Waals surface area contributed by atoms with Crippen LogP contribution in [0.15, 0.2) is 18.2 Å². The van der Waals surface area contributed by atoms with Gasteiger partial charge >= 0.3 is 0 Å². The van der Waals surface area contributed by atoms with E-state index in [-0.39, 0.29) is 6.42 Å². The smallest absolute Gasteiger partial charge is 0.264 e. The van der Waals surface area contributed by atoms with Crippen molar-refractivity contribution in [2.45, 2.75) is 18.8 Å². The van der Waals surface area contributed by atoms with Crippen molar-refractivity contribution in [1.29, 1.82) is 0 Å². The number of hydrogen-bond donors (Lipinski definition) is 1. The lowest BCUT2D eigenvalue weighted by molar-refractivity contribution is 0.0109. The monoisotopic (exact) mass is 213 g/mol. The fourth-order valence-electron chi connectivity index (χ4n) is 1.77. The first-order valence-electron chi connectivity index (χ1n) is 4.94.